The third kappa shape index (κ3) is 2.84. The van der Waals surface area contributed by atoms with Gasteiger partial charge in [0.25, 0.3) is 10.0 Å². The predicted molar refractivity (Wildman–Crippen MR) is 73.6 cm³/mol. The van der Waals surface area contributed by atoms with Crippen molar-refractivity contribution >= 4 is 27.8 Å². The average molecular weight is 301 g/mol. The Balaban J connectivity index is 2.49. The Morgan fingerprint density at radius 2 is 1.95 bits per heavy atom. The Labute approximate surface area is 117 Å². The molecule has 0 bridgehead atoms. The lowest BCUT2D eigenvalue weighted by Crippen LogP contribution is -2.19. The standard InChI is InChI=1S/C12H15NO4S2/c1-12(2,3)11-9-6-5-8(18-17-16-4)7-10(9)19(14,15)13-11/h5-7H,1-4H3. The van der Waals surface area contributed by atoms with Gasteiger partial charge in [0.05, 0.1) is 29.8 Å². The molecular weight excluding hydrogens is 286 g/mol. The zero-order chi connectivity index (χ0) is 14.3. The van der Waals surface area contributed by atoms with E-state index in [9.17, 15) is 8.42 Å². The van der Waals surface area contributed by atoms with E-state index in [-0.39, 0.29) is 10.3 Å². The number of hydrogen-bond acceptors (Lipinski definition) is 5. The molecule has 0 radical (unpaired) electrons. The molecule has 0 saturated heterocycles. The van der Waals surface area contributed by atoms with Gasteiger partial charge < -0.3 is 0 Å². The maximum Gasteiger partial charge on any atom is 0.283 e. The summed E-state index contributed by atoms with van der Waals surface area (Å²) < 4.78 is 32.7. The molecule has 7 heteroatoms. The van der Waals surface area contributed by atoms with Crippen molar-refractivity contribution in [2.24, 2.45) is 9.81 Å². The Bertz CT molecular complexity index is 630. The molecule has 0 saturated carbocycles. The maximum atomic E-state index is 12.1. The summed E-state index contributed by atoms with van der Waals surface area (Å²) >= 11 is 0.958. The van der Waals surface area contributed by atoms with Gasteiger partial charge in [0, 0.05) is 15.9 Å². The molecule has 0 fully saturated rings. The molecule has 0 unspecified atom stereocenters. The highest BCUT2D eigenvalue weighted by molar-refractivity contribution is 7.94. The Morgan fingerprint density at radius 1 is 1.26 bits per heavy atom. The van der Waals surface area contributed by atoms with E-state index < -0.39 is 10.0 Å². The Morgan fingerprint density at radius 3 is 2.53 bits per heavy atom. The van der Waals surface area contributed by atoms with Crippen molar-refractivity contribution in [2.75, 3.05) is 7.11 Å². The van der Waals surface area contributed by atoms with Gasteiger partial charge in [-0.2, -0.15) is 17.1 Å². The summed E-state index contributed by atoms with van der Waals surface area (Å²) in [4.78, 5) is 5.35. The van der Waals surface area contributed by atoms with Crippen LogP contribution in [0.4, 0.5) is 0 Å². The van der Waals surface area contributed by atoms with Gasteiger partial charge in [0.1, 0.15) is 0 Å². The zero-order valence-corrected chi connectivity index (χ0v) is 12.8. The monoisotopic (exact) mass is 301 g/mol. The van der Waals surface area contributed by atoms with Crippen LogP contribution < -0.4 is 0 Å². The average Bonchev–Trinajstić information content (AvgIpc) is 2.59. The first-order chi connectivity index (χ1) is 8.75. The van der Waals surface area contributed by atoms with Crippen molar-refractivity contribution in [3.05, 3.63) is 23.8 Å². The summed E-state index contributed by atoms with van der Waals surface area (Å²) in [5.74, 6) is 0. The van der Waals surface area contributed by atoms with Crippen LogP contribution in [0, 0.1) is 5.41 Å². The Hall–Kier alpha value is -0.890. The number of benzene rings is 1. The second-order valence-electron chi connectivity index (χ2n) is 5.14. The smallest absolute Gasteiger partial charge is 0.227 e. The number of hydrogen-bond donors (Lipinski definition) is 0. The maximum absolute atomic E-state index is 12.1. The third-order valence-corrected chi connectivity index (χ3v) is 4.57. The molecule has 19 heavy (non-hydrogen) atoms. The second kappa shape index (κ2) is 4.90. The highest BCUT2D eigenvalue weighted by atomic mass is 32.2. The summed E-state index contributed by atoms with van der Waals surface area (Å²) in [6.07, 6.45) is 0. The molecule has 0 atom stereocenters. The van der Waals surface area contributed by atoms with Crippen LogP contribution in [0.25, 0.3) is 0 Å². The van der Waals surface area contributed by atoms with E-state index in [0.717, 1.165) is 12.0 Å². The number of fused-ring (bicyclic) bond motifs is 1. The second-order valence-corrected chi connectivity index (χ2v) is 7.49. The number of sulfonamides is 1. The van der Waals surface area contributed by atoms with Gasteiger partial charge in [-0.3, -0.25) is 0 Å². The first-order valence-electron chi connectivity index (χ1n) is 5.63. The van der Waals surface area contributed by atoms with Gasteiger partial charge >= 0.3 is 0 Å². The fourth-order valence-corrected chi connectivity index (χ4v) is 3.74. The molecule has 1 aromatic rings. The first-order valence-corrected chi connectivity index (χ1v) is 7.81. The minimum Gasteiger partial charge on any atom is -0.227 e. The molecule has 5 nitrogen and oxygen atoms in total. The summed E-state index contributed by atoms with van der Waals surface area (Å²) in [6.45, 7) is 5.81. The predicted octanol–water partition coefficient (Wildman–Crippen LogP) is 2.81. The molecule has 1 aliphatic rings. The largest absolute Gasteiger partial charge is 0.283 e. The van der Waals surface area contributed by atoms with E-state index in [2.05, 4.69) is 9.29 Å². The lowest BCUT2D eigenvalue weighted by Gasteiger charge is -2.18. The van der Waals surface area contributed by atoms with Crippen LogP contribution in [-0.2, 0) is 19.2 Å². The van der Waals surface area contributed by atoms with Crippen LogP contribution in [0.2, 0.25) is 0 Å². The van der Waals surface area contributed by atoms with Crippen molar-refractivity contribution in [3.8, 4) is 0 Å². The quantitative estimate of drug-likeness (QED) is 0.488. The number of nitrogens with zero attached hydrogens (tertiary/aromatic N) is 1. The van der Waals surface area contributed by atoms with Crippen LogP contribution in [0.1, 0.15) is 26.3 Å². The summed E-state index contributed by atoms with van der Waals surface area (Å²) in [7, 11) is -2.22. The van der Waals surface area contributed by atoms with Gasteiger partial charge in [-0.05, 0) is 12.1 Å². The Kier molecular flexibility index (Phi) is 3.74. The first kappa shape index (κ1) is 14.5. The van der Waals surface area contributed by atoms with E-state index in [1.807, 2.05) is 20.8 Å². The van der Waals surface area contributed by atoms with Crippen LogP contribution >= 0.6 is 12.0 Å². The van der Waals surface area contributed by atoms with E-state index >= 15 is 0 Å². The molecule has 104 valence electrons. The molecule has 1 aromatic carbocycles. The van der Waals surface area contributed by atoms with Gasteiger partial charge in [-0.25, -0.2) is 4.89 Å². The topological polar surface area (TPSA) is 65.0 Å². The molecule has 2 rings (SSSR count). The molecule has 0 amide bonds. The van der Waals surface area contributed by atoms with Crippen LogP contribution in [-0.4, -0.2) is 21.2 Å². The van der Waals surface area contributed by atoms with E-state index in [1.54, 1.807) is 18.2 Å². The van der Waals surface area contributed by atoms with Crippen molar-refractivity contribution in [1.82, 2.24) is 0 Å². The fraction of sp³-hybridized carbons (Fsp3) is 0.417. The SMILES string of the molecule is COOSc1ccc2c(c1)S(=O)(=O)N=C2C(C)(C)C. The molecule has 0 spiro atoms. The zero-order valence-electron chi connectivity index (χ0n) is 11.1. The lowest BCUT2D eigenvalue weighted by atomic mass is 9.86. The fourth-order valence-electron chi connectivity index (χ4n) is 1.80. The van der Waals surface area contributed by atoms with E-state index in [4.69, 9.17) is 4.33 Å². The van der Waals surface area contributed by atoms with Crippen molar-refractivity contribution < 1.29 is 17.6 Å². The van der Waals surface area contributed by atoms with Gasteiger partial charge in [-0.1, -0.05) is 26.8 Å². The molecular formula is C12H15NO4S2. The minimum absolute atomic E-state index is 0.224. The van der Waals surface area contributed by atoms with Crippen molar-refractivity contribution in [1.29, 1.82) is 0 Å². The van der Waals surface area contributed by atoms with Crippen molar-refractivity contribution in [2.45, 2.75) is 30.6 Å². The summed E-state index contributed by atoms with van der Waals surface area (Å²) in [6, 6.07) is 5.09. The lowest BCUT2D eigenvalue weighted by molar-refractivity contribution is -0.160. The third-order valence-electron chi connectivity index (χ3n) is 2.61. The van der Waals surface area contributed by atoms with Crippen molar-refractivity contribution in [3.63, 3.8) is 0 Å². The highest BCUT2D eigenvalue weighted by Crippen LogP contribution is 2.36. The molecule has 1 heterocycles. The van der Waals surface area contributed by atoms with E-state index in [1.165, 1.54) is 7.11 Å². The van der Waals surface area contributed by atoms with Gasteiger partial charge in [0.15, 0.2) is 0 Å². The normalized spacial score (nSPS) is 17.2. The van der Waals surface area contributed by atoms with Crippen LogP contribution in [0.15, 0.2) is 32.4 Å². The molecule has 0 aromatic heterocycles. The van der Waals surface area contributed by atoms with E-state index in [0.29, 0.717) is 16.2 Å². The van der Waals surface area contributed by atoms with Crippen LogP contribution in [0.3, 0.4) is 0 Å². The van der Waals surface area contributed by atoms with Crippen LogP contribution in [0.5, 0.6) is 0 Å². The van der Waals surface area contributed by atoms with Gasteiger partial charge in [0.2, 0.25) is 0 Å². The molecule has 1 aliphatic heterocycles. The summed E-state index contributed by atoms with van der Waals surface area (Å²) in [5, 5.41) is 0. The highest BCUT2D eigenvalue weighted by Gasteiger charge is 2.35. The van der Waals surface area contributed by atoms with Gasteiger partial charge in [-0.15, -0.1) is 0 Å². The molecule has 0 N–H and O–H groups in total. The molecule has 0 aliphatic carbocycles. The summed E-state index contributed by atoms with van der Waals surface area (Å²) in [5.41, 5.74) is 0.928. The minimum atomic E-state index is -3.61. The number of rotatable bonds is 3.